The van der Waals surface area contributed by atoms with E-state index in [2.05, 4.69) is 48.5 Å². The van der Waals surface area contributed by atoms with Gasteiger partial charge in [0.25, 0.3) is 0 Å². The van der Waals surface area contributed by atoms with Crippen molar-refractivity contribution in [2.24, 2.45) is 50.7 Å². The van der Waals surface area contributed by atoms with Crippen molar-refractivity contribution in [3.05, 3.63) is 0 Å². The molecule has 0 radical (unpaired) electrons. The number of ether oxygens (including phenoxy) is 2. The van der Waals surface area contributed by atoms with Gasteiger partial charge in [-0.3, -0.25) is 0 Å². The first kappa shape index (κ1) is 24.2. The fourth-order valence-corrected chi connectivity index (χ4v) is 12.4. The van der Waals surface area contributed by atoms with Crippen molar-refractivity contribution in [1.82, 2.24) is 0 Å². The zero-order valence-electron chi connectivity index (χ0n) is 23.4. The van der Waals surface area contributed by atoms with E-state index in [4.69, 9.17) is 9.47 Å². The number of rotatable bonds is 1. The Balaban J connectivity index is 1.36. The molecule has 1 heterocycles. The number of hydrogen-bond donors (Lipinski definition) is 1. The smallest absolute Gasteiger partial charge is 0.0987 e. The second kappa shape index (κ2) is 7.04. The van der Waals surface area contributed by atoms with Crippen LogP contribution in [0.4, 0.5) is 0 Å². The van der Waals surface area contributed by atoms with Crippen molar-refractivity contribution in [2.75, 3.05) is 7.11 Å². The largest absolute Gasteiger partial charge is 0.393 e. The molecule has 1 spiro atoms. The summed E-state index contributed by atoms with van der Waals surface area (Å²) in [5, 5.41) is 11.0. The monoisotopic (exact) mass is 472 g/mol. The predicted octanol–water partition coefficient (Wildman–Crippen LogP) is 7.01. The van der Waals surface area contributed by atoms with Crippen LogP contribution in [0.15, 0.2) is 0 Å². The number of aliphatic hydroxyl groups excluding tert-OH is 1. The Kier molecular flexibility index (Phi) is 5.02. The Labute approximate surface area is 209 Å². The van der Waals surface area contributed by atoms with Gasteiger partial charge in [-0.2, -0.15) is 0 Å². The van der Waals surface area contributed by atoms with Crippen LogP contribution in [0.1, 0.15) is 113 Å². The third-order valence-electron chi connectivity index (χ3n) is 14.0. The van der Waals surface area contributed by atoms with Crippen LogP contribution in [0, 0.1) is 50.7 Å². The van der Waals surface area contributed by atoms with Gasteiger partial charge in [-0.25, -0.2) is 0 Å². The molecule has 6 aliphatic rings. The van der Waals surface area contributed by atoms with Crippen molar-refractivity contribution in [1.29, 1.82) is 0 Å². The lowest BCUT2D eigenvalue weighted by atomic mass is 9.41. The van der Waals surface area contributed by atoms with Crippen LogP contribution in [-0.2, 0) is 9.47 Å². The number of aliphatic hydroxyl groups is 1. The highest BCUT2D eigenvalue weighted by Gasteiger charge is 2.76. The fourth-order valence-electron chi connectivity index (χ4n) is 12.4. The molecule has 0 unspecified atom stereocenters. The van der Waals surface area contributed by atoms with E-state index in [1.807, 2.05) is 7.11 Å². The Morgan fingerprint density at radius 3 is 2.06 bits per heavy atom. The van der Waals surface area contributed by atoms with Gasteiger partial charge in [-0.15, -0.1) is 0 Å². The van der Waals surface area contributed by atoms with E-state index >= 15 is 0 Å². The summed E-state index contributed by atoms with van der Waals surface area (Å²) in [6, 6.07) is 0. The average molecular weight is 473 g/mol. The summed E-state index contributed by atoms with van der Waals surface area (Å²) in [5.74, 6) is 2.76. The normalized spacial score (nSPS) is 59.4. The number of methoxy groups -OCH3 is 1. The minimum atomic E-state index is -0.166. The maximum absolute atomic E-state index is 11.0. The van der Waals surface area contributed by atoms with Crippen molar-refractivity contribution in [3.63, 3.8) is 0 Å². The second-order valence-electron chi connectivity index (χ2n) is 15.9. The molecule has 0 aromatic heterocycles. The lowest BCUT2D eigenvalue weighted by molar-refractivity contribution is -0.180. The van der Waals surface area contributed by atoms with Crippen molar-refractivity contribution < 1.29 is 14.6 Å². The molecule has 6 rings (SSSR count). The van der Waals surface area contributed by atoms with Crippen LogP contribution in [0.5, 0.6) is 0 Å². The molecule has 0 bridgehead atoms. The summed E-state index contributed by atoms with van der Waals surface area (Å²) in [6.45, 7) is 17.6. The third kappa shape index (κ3) is 2.82. The Morgan fingerprint density at radius 2 is 1.35 bits per heavy atom. The molecule has 5 aliphatic carbocycles. The van der Waals surface area contributed by atoms with Crippen LogP contribution in [-0.4, -0.2) is 36.1 Å². The molecule has 11 atom stereocenters. The van der Waals surface area contributed by atoms with Crippen molar-refractivity contribution >= 4 is 0 Å². The lowest BCUT2D eigenvalue weighted by Gasteiger charge is -2.64. The summed E-state index contributed by atoms with van der Waals surface area (Å²) in [5.41, 5.74) is 1.45. The molecular weight excluding hydrogens is 420 g/mol. The van der Waals surface area contributed by atoms with Gasteiger partial charge in [0, 0.05) is 7.11 Å². The number of epoxide rings is 1. The Morgan fingerprint density at radius 1 is 0.706 bits per heavy atom. The highest BCUT2D eigenvalue weighted by atomic mass is 16.6. The van der Waals surface area contributed by atoms with Crippen molar-refractivity contribution in [2.45, 2.75) is 137 Å². The van der Waals surface area contributed by atoms with Crippen LogP contribution in [0.25, 0.3) is 0 Å². The SMILES string of the molecule is CO[C@@H]1CC[C@@]2(C)[C@@H](CC[C@@]3(C)C[C@@]45O[C@@H]4C[C@H]4C(C)(C)[C@H](O)CC[C@]4(C)[C@H]5CC[C@@H]32)C1(C)C. The summed E-state index contributed by atoms with van der Waals surface area (Å²) >= 11 is 0. The molecule has 1 N–H and O–H groups in total. The predicted molar refractivity (Wildman–Crippen MR) is 136 cm³/mol. The quantitative estimate of drug-likeness (QED) is 0.418. The highest BCUT2D eigenvalue weighted by molar-refractivity contribution is 5.24. The Bertz CT molecular complexity index is 850. The van der Waals surface area contributed by atoms with E-state index < -0.39 is 0 Å². The van der Waals surface area contributed by atoms with E-state index in [9.17, 15) is 5.11 Å². The molecule has 0 aromatic rings. The number of fused-ring (bicyclic) bond motifs is 5. The zero-order chi connectivity index (χ0) is 24.5. The maximum Gasteiger partial charge on any atom is 0.0987 e. The number of hydrogen-bond acceptors (Lipinski definition) is 3. The molecular formula is C31H52O3. The van der Waals surface area contributed by atoms with Gasteiger partial charge in [0.05, 0.1) is 23.9 Å². The van der Waals surface area contributed by atoms with Crippen LogP contribution in [0.2, 0.25) is 0 Å². The third-order valence-corrected chi connectivity index (χ3v) is 14.0. The second-order valence-corrected chi connectivity index (χ2v) is 15.9. The maximum atomic E-state index is 11.0. The van der Waals surface area contributed by atoms with E-state index in [1.165, 1.54) is 57.8 Å². The minimum absolute atomic E-state index is 0.00624. The molecule has 3 nitrogen and oxygen atoms in total. The minimum Gasteiger partial charge on any atom is -0.393 e. The lowest BCUT2D eigenvalue weighted by Crippen LogP contribution is -2.60. The summed E-state index contributed by atoms with van der Waals surface area (Å²) in [4.78, 5) is 0. The first-order valence-corrected chi connectivity index (χ1v) is 14.6. The molecule has 0 aromatic carbocycles. The molecule has 3 heteroatoms. The Hall–Kier alpha value is -0.120. The van der Waals surface area contributed by atoms with Crippen LogP contribution < -0.4 is 0 Å². The van der Waals surface area contributed by atoms with Crippen LogP contribution >= 0.6 is 0 Å². The van der Waals surface area contributed by atoms with Crippen molar-refractivity contribution in [3.8, 4) is 0 Å². The molecule has 34 heavy (non-hydrogen) atoms. The molecule has 194 valence electrons. The van der Waals surface area contributed by atoms with E-state index in [1.54, 1.807) is 0 Å². The van der Waals surface area contributed by atoms with E-state index in [0.717, 1.165) is 18.3 Å². The average Bonchev–Trinajstić information content (AvgIpc) is 3.46. The van der Waals surface area contributed by atoms with Gasteiger partial charge in [0.2, 0.25) is 0 Å². The topological polar surface area (TPSA) is 42.0 Å². The highest BCUT2D eigenvalue weighted by Crippen LogP contribution is 2.76. The first-order chi connectivity index (χ1) is 15.8. The van der Waals surface area contributed by atoms with E-state index in [-0.39, 0.29) is 22.5 Å². The van der Waals surface area contributed by atoms with Crippen LogP contribution in [0.3, 0.4) is 0 Å². The fraction of sp³-hybridized carbons (Fsp3) is 1.00. The molecule has 5 saturated carbocycles. The molecule has 0 amide bonds. The van der Waals surface area contributed by atoms with Gasteiger partial charge < -0.3 is 14.6 Å². The van der Waals surface area contributed by atoms with Gasteiger partial charge >= 0.3 is 0 Å². The zero-order valence-corrected chi connectivity index (χ0v) is 23.4. The molecule has 1 aliphatic heterocycles. The van der Waals surface area contributed by atoms with Gasteiger partial charge in [-0.05, 0) is 115 Å². The van der Waals surface area contributed by atoms with Gasteiger partial charge in [0.15, 0.2) is 0 Å². The van der Waals surface area contributed by atoms with E-state index in [0.29, 0.717) is 40.3 Å². The standard InChI is InChI=1S/C31H52O3/c1-26(2)22-17-25-31(34-25)18-28(5)14-11-19-27(3,4)24(33-8)13-16-29(19,6)20(28)9-10-21(31)30(22,7)15-12-23(26)32/h19-25,32H,9-18H2,1-8H3/t19-,20-,21+,22-,23+,24+,25+,28-,29-,30+,31-/m0/s1. The molecule has 1 saturated heterocycles. The summed E-state index contributed by atoms with van der Waals surface area (Å²) in [6.07, 6.45) is 13.2. The van der Waals surface area contributed by atoms with Gasteiger partial charge in [-0.1, -0.05) is 48.5 Å². The summed E-state index contributed by atoms with van der Waals surface area (Å²) < 4.78 is 12.9. The summed E-state index contributed by atoms with van der Waals surface area (Å²) in [7, 11) is 1.93. The van der Waals surface area contributed by atoms with Gasteiger partial charge in [0.1, 0.15) is 0 Å². The first-order valence-electron chi connectivity index (χ1n) is 14.6. The molecule has 6 fully saturated rings.